The highest BCUT2D eigenvalue weighted by Gasteiger charge is 2.25. The number of carboxylic acids is 1. The molecule has 0 atom stereocenters. The second-order valence-corrected chi connectivity index (χ2v) is 8.15. The summed E-state index contributed by atoms with van der Waals surface area (Å²) in [4.78, 5) is 10.7. The van der Waals surface area contributed by atoms with Gasteiger partial charge >= 0.3 is 5.97 Å². The SMILES string of the molecule is CN(Cc1ccc(C(=O)O)cc1)S(=O)(=O)CC(C)(C)C. The van der Waals surface area contributed by atoms with E-state index in [-0.39, 0.29) is 23.3 Å². The van der Waals surface area contributed by atoms with Crippen LogP contribution in [0.25, 0.3) is 0 Å². The second kappa shape index (κ2) is 5.93. The summed E-state index contributed by atoms with van der Waals surface area (Å²) in [6.07, 6.45) is 0. The summed E-state index contributed by atoms with van der Waals surface area (Å²) in [6, 6.07) is 6.21. The molecule has 0 bridgehead atoms. The predicted octanol–water partition coefficient (Wildman–Crippen LogP) is 2.19. The van der Waals surface area contributed by atoms with Crippen LogP contribution in [0, 0.1) is 5.41 Å². The van der Waals surface area contributed by atoms with Gasteiger partial charge in [-0.25, -0.2) is 17.5 Å². The Morgan fingerprint density at radius 1 is 1.20 bits per heavy atom. The lowest BCUT2D eigenvalue weighted by Gasteiger charge is -2.23. The van der Waals surface area contributed by atoms with Crippen LogP contribution < -0.4 is 0 Å². The third-order valence-corrected chi connectivity index (χ3v) is 5.01. The zero-order valence-corrected chi connectivity index (χ0v) is 13.1. The molecule has 1 aromatic carbocycles. The Bertz CT molecular complexity index is 570. The Balaban J connectivity index is 2.80. The molecule has 0 spiro atoms. The first-order valence-electron chi connectivity index (χ1n) is 6.27. The maximum absolute atomic E-state index is 12.2. The molecule has 0 heterocycles. The van der Waals surface area contributed by atoms with Crippen LogP contribution >= 0.6 is 0 Å². The number of carbonyl (C=O) groups is 1. The van der Waals surface area contributed by atoms with Gasteiger partial charge in [0.15, 0.2) is 0 Å². The number of hydrogen-bond donors (Lipinski definition) is 1. The van der Waals surface area contributed by atoms with Crippen molar-refractivity contribution in [2.75, 3.05) is 12.8 Å². The Labute approximate surface area is 120 Å². The van der Waals surface area contributed by atoms with Gasteiger partial charge in [0.2, 0.25) is 10.0 Å². The first kappa shape index (κ1) is 16.7. The van der Waals surface area contributed by atoms with Crippen molar-refractivity contribution in [1.29, 1.82) is 0 Å². The molecule has 1 rings (SSSR count). The minimum atomic E-state index is -3.33. The number of rotatable bonds is 5. The maximum atomic E-state index is 12.2. The molecule has 0 amide bonds. The van der Waals surface area contributed by atoms with Gasteiger partial charge in [-0.15, -0.1) is 0 Å². The van der Waals surface area contributed by atoms with Crippen molar-refractivity contribution in [2.24, 2.45) is 5.41 Å². The summed E-state index contributed by atoms with van der Waals surface area (Å²) < 4.78 is 25.6. The van der Waals surface area contributed by atoms with Crippen molar-refractivity contribution in [2.45, 2.75) is 27.3 Å². The quantitative estimate of drug-likeness (QED) is 0.904. The van der Waals surface area contributed by atoms with Crippen LogP contribution in [-0.4, -0.2) is 36.6 Å². The molecule has 0 aliphatic carbocycles. The van der Waals surface area contributed by atoms with E-state index in [2.05, 4.69) is 0 Å². The van der Waals surface area contributed by atoms with Crippen LogP contribution in [0.4, 0.5) is 0 Å². The van der Waals surface area contributed by atoms with Crippen LogP contribution in [0.5, 0.6) is 0 Å². The van der Waals surface area contributed by atoms with Gasteiger partial charge in [0.25, 0.3) is 0 Å². The standard InChI is InChI=1S/C14H21NO4S/c1-14(2,3)10-20(18,19)15(4)9-11-5-7-12(8-6-11)13(16)17/h5-8H,9-10H2,1-4H3,(H,16,17). The monoisotopic (exact) mass is 299 g/mol. The number of benzene rings is 1. The molecular weight excluding hydrogens is 278 g/mol. The molecule has 112 valence electrons. The van der Waals surface area contributed by atoms with E-state index in [9.17, 15) is 13.2 Å². The summed E-state index contributed by atoms with van der Waals surface area (Å²) in [5.41, 5.74) is 0.643. The Hall–Kier alpha value is -1.40. The lowest BCUT2D eigenvalue weighted by Crippen LogP contribution is -2.33. The van der Waals surface area contributed by atoms with Gasteiger partial charge in [0.1, 0.15) is 0 Å². The highest BCUT2D eigenvalue weighted by atomic mass is 32.2. The Morgan fingerprint density at radius 2 is 1.70 bits per heavy atom. The lowest BCUT2D eigenvalue weighted by atomic mass is 10.0. The smallest absolute Gasteiger partial charge is 0.335 e. The van der Waals surface area contributed by atoms with Crippen molar-refractivity contribution in [3.8, 4) is 0 Å². The molecule has 0 radical (unpaired) electrons. The zero-order chi connectivity index (χ0) is 15.6. The average Bonchev–Trinajstić information content (AvgIpc) is 2.26. The molecule has 0 aliphatic rings. The zero-order valence-electron chi connectivity index (χ0n) is 12.3. The van der Waals surface area contributed by atoms with Gasteiger partial charge in [-0.1, -0.05) is 32.9 Å². The van der Waals surface area contributed by atoms with E-state index in [0.29, 0.717) is 0 Å². The normalized spacial score (nSPS) is 12.7. The van der Waals surface area contributed by atoms with Crippen molar-refractivity contribution in [1.82, 2.24) is 4.31 Å². The summed E-state index contributed by atoms with van der Waals surface area (Å²) in [5.74, 6) is -0.922. The van der Waals surface area contributed by atoms with Crippen LogP contribution in [0.2, 0.25) is 0 Å². The molecular formula is C14H21NO4S. The number of hydrogen-bond acceptors (Lipinski definition) is 3. The Morgan fingerprint density at radius 3 is 2.10 bits per heavy atom. The predicted molar refractivity (Wildman–Crippen MR) is 78.1 cm³/mol. The first-order valence-corrected chi connectivity index (χ1v) is 7.88. The van der Waals surface area contributed by atoms with E-state index in [1.165, 1.54) is 23.5 Å². The molecule has 0 aromatic heterocycles. The third-order valence-electron chi connectivity index (χ3n) is 2.70. The summed E-state index contributed by atoms with van der Waals surface area (Å²) >= 11 is 0. The van der Waals surface area contributed by atoms with E-state index in [0.717, 1.165) is 5.56 Å². The summed E-state index contributed by atoms with van der Waals surface area (Å²) in [6.45, 7) is 5.86. The number of nitrogens with zero attached hydrogens (tertiary/aromatic N) is 1. The van der Waals surface area contributed by atoms with Crippen LogP contribution in [0.15, 0.2) is 24.3 Å². The minimum Gasteiger partial charge on any atom is -0.478 e. The lowest BCUT2D eigenvalue weighted by molar-refractivity contribution is 0.0697. The molecule has 0 saturated heterocycles. The average molecular weight is 299 g/mol. The third kappa shape index (κ3) is 4.94. The van der Waals surface area contributed by atoms with Crippen molar-refractivity contribution in [3.63, 3.8) is 0 Å². The van der Waals surface area contributed by atoms with Gasteiger partial charge in [-0.3, -0.25) is 0 Å². The molecule has 1 N–H and O–H groups in total. The van der Waals surface area contributed by atoms with Gasteiger partial charge in [-0.05, 0) is 23.1 Å². The first-order chi connectivity index (χ1) is 9.01. The molecule has 5 nitrogen and oxygen atoms in total. The van der Waals surface area contributed by atoms with Gasteiger partial charge in [0, 0.05) is 13.6 Å². The van der Waals surface area contributed by atoms with Gasteiger partial charge in [0.05, 0.1) is 11.3 Å². The highest BCUT2D eigenvalue weighted by molar-refractivity contribution is 7.89. The van der Waals surface area contributed by atoms with Gasteiger partial charge < -0.3 is 5.11 Å². The number of aromatic carboxylic acids is 1. The van der Waals surface area contributed by atoms with Crippen molar-refractivity contribution >= 4 is 16.0 Å². The van der Waals surface area contributed by atoms with Crippen LogP contribution in [-0.2, 0) is 16.6 Å². The molecule has 6 heteroatoms. The fourth-order valence-corrected chi connectivity index (χ4v) is 3.43. The Kier molecular flexibility index (Phi) is 4.94. The molecule has 20 heavy (non-hydrogen) atoms. The van der Waals surface area contributed by atoms with Crippen molar-refractivity contribution in [3.05, 3.63) is 35.4 Å². The van der Waals surface area contributed by atoms with Gasteiger partial charge in [-0.2, -0.15) is 0 Å². The maximum Gasteiger partial charge on any atom is 0.335 e. The van der Waals surface area contributed by atoms with Crippen molar-refractivity contribution < 1.29 is 18.3 Å². The van der Waals surface area contributed by atoms with E-state index >= 15 is 0 Å². The fraction of sp³-hybridized carbons (Fsp3) is 0.500. The second-order valence-electron chi connectivity index (χ2n) is 6.08. The molecule has 1 aromatic rings. The van der Waals surface area contributed by atoms with E-state index in [4.69, 9.17) is 5.11 Å². The summed E-state index contributed by atoms with van der Waals surface area (Å²) in [7, 11) is -1.79. The van der Waals surface area contributed by atoms with E-state index in [1.807, 2.05) is 20.8 Å². The molecule has 0 saturated carbocycles. The molecule has 0 fully saturated rings. The van der Waals surface area contributed by atoms with Crippen LogP contribution in [0.1, 0.15) is 36.7 Å². The van der Waals surface area contributed by atoms with E-state index in [1.54, 1.807) is 12.1 Å². The highest BCUT2D eigenvalue weighted by Crippen LogP contribution is 2.19. The minimum absolute atomic E-state index is 0.0731. The fourth-order valence-electron chi connectivity index (χ4n) is 1.77. The topological polar surface area (TPSA) is 74.7 Å². The largest absolute Gasteiger partial charge is 0.478 e. The molecule has 0 aliphatic heterocycles. The van der Waals surface area contributed by atoms with Crippen LogP contribution in [0.3, 0.4) is 0 Å². The van der Waals surface area contributed by atoms with E-state index < -0.39 is 16.0 Å². The molecule has 0 unspecified atom stereocenters. The number of sulfonamides is 1. The summed E-state index contributed by atoms with van der Waals surface area (Å²) in [5, 5.41) is 8.81. The number of carboxylic acid groups (broad SMARTS) is 1.